The second-order valence-corrected chi connectivity index (χ2v) is 3.36. The van der Waals surface area contributed by atoms with E-state index in [4.69, 9.17) is 5.73 Å². The van der Waals surface area contributed by atoms with Crippen molar-refractivity contribution in [3.63, 3.8) is 0 Å². The predicted octanol–water partition coefficient (Wildman–Crippen LogP) is 1.77. The van der Waals surface area contributed by atoms with Crippen molar-refractivity contribution >= 4 is 16.6 Å². The summed E-state index contributed by atoms with van der Waals surface area (Å²) in [6.45, 7) is 0.384. The van der Waals surface area contributed by atoms with E-state index in [1.807, 2.05) is 24.3 Å². The molecule has 3 heteroatoms. The lowest BCUT2D eigenvalue weighted by Gasteiger charge is -2.03. The van der Waals surface area contributed by atoms with Gasteiger partial charge in [0.25, 0.3) is 0 Å². The van der Waals surface area contributed by atoms with Crippen molar-refractivity contribution in [2.75, 3.05) is 6.54 Å². The minimum atomic E-state index is 0.0797. The topological polar surface area (TPSA) is 56.0 Å². The molecule has 1 aromatic carbocycles. The fourth-order valence-electron chi connectivity index (χ4n) is 1.62. The third-order valence-corrected chi connectivity index (χ3v) is 2.36. The molecule has 2 N–H and O–H groups in total. The maximum absolute atomic E-state index is 11.8. The summed E-state index contributed by atoms with van der Waals surface area (Å²) in [5.74, 6) is 0.0797. The van der Waals surface area contributed by atoms with Crippen LogP contribution in [0.15, 0.2) is 36.7 Å². The summed E-state index contributed by atoms with van der Waals surface area (Å²) in [4.78, 5) is 15.8. The summed E-state index contributed by atoms with van der Waals surface area (Å²) in [5.41, 5.74) is 6.09. The van der Waals surface area contributed by atoms with Gasteiger partial charge in [-0.3, -0.25) is 9.78 Å². The molecule has 0 bridgehead atoms. The maximum Gasteiger partial charge on any atom is 0.164 e. The number of hydrogen-bond donors (Lipinski definition) is 1. The highest BCUT2D eigenvalue weighted by Crippen LogP contribution is 2.18. The SMILES string of the molecule is NCCC(=O)c1cccc2ccncc12. The van der Waals surface area contributed by atoms with Crippen LogP contribution in [0.5, 0.6) is 0 Å². The van der Waals surface area contributed by atoms with Gasteiger partial charge in [-0.25, -0.2) is 0 Å². The molecule has 1 aromatic heterocycles. The Morgan fingerprint density at radius 1 is 1.33 bits per heavy atom. The Morgan fingerprint density at radius 3 is 3.00 bits per heavy atom. The fourth-order valence-corrected chi connectivity index (χ4v) is 1.62. The summed E-state index contributed by atoms with van der Waals surface area (Å²) >= 11 is 0. The third-order valence-electron chi connectivity index (χ3n) is 2.36. The van der Waals surface area contributed by atoms with E-state index in [1.165, 1.54) is 0 Å². The normalized spacial score (nSPS) is 10.5. The van der Waals surface area contributed by atoms with Crippen LogP contribution in [0.3, 0.4) is 0 Å². The van der Waals surface area contributed by atoms with Gasteiger partial charge in [-0.05, 0) is 18.0 Å². The molecule has 0 saturated carbocycles. The van der Waals surface area contributed by atoms with Crippen LogP contribution in [0.25, 0.3) is 10.8 Å². The van der Waals surface area contributed by atoms with E-state index in [9.17, 15) is 4.79 Å². The van der Waals surface area contributed by atoms with E-state index in [2.05, 4.69) is 4.98 Å². The molecule has 0 aliphatic carbocycles. The highest BCUT2D eigenvalue weighted by atomic mass is 16.1. The maximum atomic E-state index is 11.8. The Kier molecular flexibility index (Phi) is 2.74. The van der Waals surface area contributed by atoms with Gasteiger partial charge in [-0.1, -0.05) is 18.2 Å². The number of carbonyl (C=O) groups is 1. The lowest BCUT2D eigenvalue weighted by atomic mass is 10.0. The predicted molar refractivity (Wildman–Crippen MR) is 59.7 cm³/mol. The number of fused-ring (bicyclic) bond motifs is 1. The minimum absolute atomic E-state index is 0.0797. The van der Waals surface area contributed by atoms with Crippen molar-refractivity contribution in [1.82, 2.24) is 4.98 Å². The summed E-state index contributed by atoms with van der Waals surface area (Å²) in [6.07, 6.45) is 3.83. The molecule has 0 amide bonds. The van der Waals surface area contributed by atoms with Crippen molar-refractivity contribution < 1.29 is 4.79 Å². The van der Waals surface area contributed by atoms with Gasteiger partial charge in [0, 0.05) is 29.8 Å². The Hall–Kier alpha value is -1.74. The highest BCUT2D eigenvalue weighted by Gasteiger charge is 2.08. The summed E-state index contributed by atoms with van der Waals surface area (Å²) in [7, 11) is 0. The van der Waals surface area contributed by atoms with E-state index < -0.39 is 0 Å². The molecule has 0 unspecified atom stereocenters. The van der Waals surface area contributed by atoms with Crippen LogP contribution in [0.1, 0.15) is 16.8 Å². The van der Waals surface area contributed by atoms with Crippen LogP contribution in [0.4, 0.5) is 0 Å². The molecule has 76 valence electrons. The first-order valence-electron chi connectivity index (χ1n) is 4.89. The van der Waals surface area contributed by atoms with Gasteiger partial charge in [0.2, 0.25) is 0 Å². The first-order chi connectivity index (χ1) is 7.33. The first-order valence-corrected chi connectivity index (χ1v) is 4.89. The Labute approximate surface area is 87.9 Å². The minimum Gasteiger partial charge on any atom is -0.330 e. The Balaban J connectivity index is 2.56. The average molecular weight is 200 g/mol. The molecule has 2 rings (SSSR count). The number of ketones is 1. The van der Waals surface area contributed by atoms with Crippen molar-refractivity contribution in [1.29, 1.82) is 0 Å². The first kappa shape index (κ1) is 9.80. The molecular weight excluding hydrogens is 188 g/mol. The smallest absolute Gasteiger partial charge is 0.164 e. The molecule has 0 aliphatic rings. The van der Waals surface area contributed by atoms with E-state index in [0.29, 0.717) is 18.5 Å². The van der Waals surface area contributed by atoms with Crippen LogP contribution in [0.2, 0.25) is 0 Å². The van der Waals surface area contributed by atoms with Crippen molar-refractivity contribution in [3.8, 4) is 0 Å². The molecule has 0 atom stereocenters. The summed E-state index contributed by atoms with van der Waals surface area (Å²) in [5, 5.41) is 1.94. The lowest BCUT2D eigenvalue weighted by molar-refractivity contribution is 0.0987. The summed E-state index contributed by atoms with van der Waals surface area (Å²) in [6, 6.07) is 7.57. The van der Waals surface area contributed by atoms with Gasteiger partial charge in [-0.15, -0.1) is 0 Å². The van der Waals surface area contributed by atoms with Crippen LogP contribution >= 0.6 is 0 Å². The largest absolute Gasteiger partial charge is 0.330 e. The zero-order chi connectivity index (χ0) is 10.7. The second kappa shape index (κ2) is 4.19. The van der Waals surface area contributed by atoms with Crippen LogP contribution in [-0.4, -0.2) is 17.3 Å². The number of carbonyl (C=O) groups excluding carboxylic acids is 1. The fraction of sp³-hybridized carbons (Fsp3) is 0.167. The lowest BCUT2D eigenvalue weighted by Crippen LogP contribution is -2.08. The van der Waals surface area contributed by atoms with Crippen LogP contribution < -0.4 is 5.73 Å². The quantitative estimate of drug-likeness (QED) is 0.768. The number of nitrogens with two attached hydrogens (primary N) is 1. The molecule has 3 nitrogen and oxygen atoms in total. The van der Waals surface area contributed by atoms with Gasteiger partial charge in [0.1, 0.15) is 0 Å². The van der Waals surface area contributed by atoms with Gasteiger partial charge < -0.3 is 5.73 Å². The number of hydrogen-bond acceptors (Lipinski definition) is 3. The Morgan fingerprint density at radius 2 is 2.20 bits per heavy atom. The molecular formula is C12H12N2O. The molecule has 0 saturated heterocycles. The number of pyridine rings is 1. The van der Waals surface area contributed by atoms with Crippen molar-refractivity contribution in [3.05, 3.63) is 42.2 Å². The molecule has 0 aliphatic heterocycles. The number of benzene rings is 1. The van der Waals surface area contributed by atoms with Crippen molar-refractivity contribution in [2.45, 2.75) is 6.42 Å². The van der Waals surface area contributed by atoms with E-state index >= 15 is 0 Å². The van der Waals surface area contributed by atoms with E-state index in [-0.39, 0.29) is 5.78 Å². The highest BCUT2D eigenvalue weighted by molar-refractivity contribution is 6.07. The number of nitrogens with zero attached hydrogens (tertiary/aromatic N) is 1. The number of aromatic nitrogens is 1. The van der Waals surface area contributed by atoms with Crippen molar-refractivity contribution in [2.24, 2.45) is 5.73 Å². The van der Waals surface area contributed by atoms with Crippen LogP contribution in [-0.2, 0) is 0 Å². The number of rotatable bonds is 3. The zero-order valence-corrected chi connectivity index (χ0v) is 8.31. The third kappa shape index (κ3) is 1.87. The van der Waals surface area contributed by atoms with E-state index in [1.54, 1.807) is 12.4 Å². The average Bonchev–Trinajstić information content (AvgIpc) is 2.28. The van der Waals surface area contributed by atoms with E-state index in [0.717, 1.165) is 10.8 Å². The molecule has 0 spiro atoms. The molecule has 2 aromatic rings. The second-order valence-electron chi connectivity index (χ2n) is 3.36. The van der Waals surface area contributed by atoms with Crippen LogP contribution in [0, 0.1) is 0 Å². The molecule has 0 fully saturated rings. The van der Waals surface area contributed by atoms with Gasteiger partial charge in [0.05, 0.1) is 0 Å². The number of Topliss-reactive ketones (excluding diaryl/α,β-unsaturated/α-hetero) is 1. The monoisotopic (exact) mass is 200 g/mol. The van der Waals surface area contributed by atoms with Gasteiger partial charge in [-0.2, -0.15) is 0 Å². The van der Waals surface area contributed by atoms with Gasteiger partial charge >= 0.3 is 0 Å². The molecule has 1 heterocycles. The standard InChI is InChI=1S/C12H12N2O/c13-6-4-12(15)10-3-1-2-9-5-7-14-8-11(9)10/h1-3,5,7-8H,4,6,13H2. The summed E-state index contributed by atoms with van der Waals surface area (Å²) < 4.78 is 0. The van der Waals surface area contributed by atoms with Gasteiger partial charge in [0.15, 0.2) is 5.78 Å². The Bertz CT molecular complexity index is 488. The molecule has 15 heavy (non-hydrogen) atoms. The molecule has 0 radical (unpaired) electrons. The zero-order valence-electron chi connectivity index (χ0n) is 8.31.